The molecule has 17 heavy (non-hydrogen) atoms. The second-order valence-electron chi connectivity index (χ2n) is 5.11. The molecule has 4 heteroatoms. The van der Waals surface area contributed by atoms with E-state index in [0.29, 0.717) is 18.1 Å². The van der Waals surface area contributed by atoms with E-state index in [1.807, 2.05) is 0 Å². The van der Waals surface area contributed by atoms with Crippen LogP contribution in [0.4, 0.5) is 0 Å². The first-order valence-electron chi connectivity index (χ1n) is 6.83. The third kappa shape index (κ3) is 2.80. The van der Waals surface area contributed by atoms with E-state index in [4.69, 9.17) is 4.74 Å². The van der Waals surface area contributed by atoms with Crippen molar-refractivity contribution >= 4 is 5.91 Å². The van der Waals surface area contributed by atoms with Crippen molar-refractivity contribution in [1.29, 1.82) is 0 Å². The fourth-order valence-corrected chi connectivity index (χ4v) is 3.11. The summed E-state index contributed by atoms with van der Waals surface area (Å²) >= 11 is 0. The minimum atomic E-state index is 0.0512. The van der Waals surface area contributed by atoms with E-state index in [1.54, 1.807) is 7.11 Å². The van der Waals surface area contributed by atoms with Crippen molar-refractivity contribution in [1.82, 2.24) is 10.2 Å². The second-order valence-corrected chi connectivity index (χ2v) is 5.11. The van der Waals surface area contributed by atoms with E-state index in [9.17, 15) is 4.79 Å². The maximum atomic E-state index is 12.3. The first kappa shape index (κ1) is 12.8. The van der Waals surface area contributed by atoms with Crippen molar-refractivity contribution in [2.75, 3.05) is 20.2 Å². The maximum absolute atomic E-state index is 12.3. The highest BCUT2D eigenvalue weighted by Crippen LogP contribution is 2.28. The number of piperidine rings is 1. The summed E-state index contributed by atoms with van der Waals surface area (Å²) in [5.41, 5.74) is 0. The Morgan fingerprint density at radius 1 is 1.41 bits per heavy atom. The number of carbonyl (C=O) groups excluding carboxylic acids is 1. The van der Waals surface area contributed by atoms with E-state index in [0.717, 1.165) is 45.2 Å². The Labute approximate surface area is 104 Å². The average molecular weight is 240 g/mol. The lowest BCUT2D eigenvalue weighted by atomic mass is 10.0. The monoisotopic (exact) mass is 240 g/mol. The molecule has 1 amide bonds. The summed E-state index contributed by atoms with van der Waals surface area (Å²) in [4.78, 5) is 14.4. The average Bonchev–Trinajstić information content (AvgIpc) is 2.80. The zero-order valence-electron chi connectivity index (χ0n) is 10.9. The van der Waals surface area contributed by atoms with E-state index >= 15 is 0 Å². The number of likely N-dealkylation sites (tertiary alicyclic amines) is 1. The van der Waals surface area contributed by atoms with Crippen LogP contribution in [0.5, 0.6) is 0 Å². The van der Waals surface area contributed by atoms with Crippen LogP contribution in [0, 0.1) is 0 Å². The molecule has 4 nitrogen and oxygen atoms in total. The van der Waals surface area contributed by atoms with Crippen molar-refractivity contribution in [2.24, 2.45) is 0 Å². The van der Waals surface area contributed by atoms with E-state index in [1.165, 1.54) is 0 Å². The van der Waals surface area contributed by atoms with Gasteiger partial charge in [0.15, 0.2) is 0 Å². The standard InChI is InChI=1S/C13H24N2O2/c1-3-14-12-5-4-8-15(13(12)16)10-6-7-11(9-10)17-2/h10-12,14H,3-9H2,1-2H3. The van der Waals surface area contributed by atoms with Gasteiger partial charge in [0.2, 0.25) is 5.91 Å². The predicted octanol–water partition coefficient (Wildman–Crippen LogP) is 1.15. The number of rotatable bonds is 4. The number of nitrogens with one attached hydrogen (secondary N) is 1. The van der Waals surface area contributed by atoms with Crippen molar-refractivity contribution in [3.05, 3.63) is 0 Å². The number of hydrogen-bond donors (Lipinski definition) is 1. The molecule has 0 aromatic heterocycles. The van der Waals surface area contributed by atoms with Gasteiger partial charge in [-0.3, -0.25) is 4.79 Å². The third-order valence-corrected chi connectivity index (χ3v) is 4.05. The number of nitrogens with zero attached hydrogens (tertiary/aromatic N) is 1. The molecule has 3 atom stereocenters. The number of ether oxygens (including phenoxy) is 1. The lowest BCUT2D eigenvalue weighted by Crippen LogP contribution is -2.53. The molecule has 0 radical (unpaired) electrons. The van der Waals surface area contributed by atoms with Crippen LogP contribution in [0.3, 0.4) is 0 Å². The maximum Gasteiger partial charge on any atom is 0.239 e. The van der Waals surface area contributed by atoms with Crippen LogP contribution in [-0.2, 0) is 9.53 Å². The Kier molecular flexibility index (Phi) is 4.40. The van der Waals surface area contributed by atoms with Gasteiger partial charge in [-0.1, -0.05) is 6.92 Å². The first-order chi connectivity index (χ1) is 8.26. The Hall–Kier alpha value is -0.610. The van der Waals surface area contributed by atoms with Gasteiger partial charge >= 0.3 is 0 Å². The van der Waals surface area contributed by atoms with Gasteiger partial charge < -0.3 is 15.0 Å². The Morgan fingerprint density at radius 2 is 2.24 bits per heavy atom. The number of carbonyl (C=O) groups is 1. The van der Waals surface area contributed by atoms with Gasteiger partial charge in [-0.2, -0.15) is 0 Å². The fraction of sp³-hybridized carbons (Fsp3) is 0.923. The van der Waals surface area contributed by atoms with Crippen LogP contribution < -0.4 is 5.32 Å². The summed E-state index contributed by atoms with van der Waals surface area (Å²) in [6, 6.07) is 0.462. The van der Waals surface area contributed by atoms with E-state index in [-0.39, 0.29) is 6.04 Å². The first-order valence-corrected chi connectivity index (χ1v) is 6.83. The molecule has 1 N–H and O–H groups in total. The molecule has 2 fully saturated rings. The summed E-state index contributed by atoms with van der Waals surface area (Å²) in [6.07, 6.45) is 5.68. The van der Waals surface area contributed by atoms with E-state index in [2.05, 4.69) is 17.1 Å². The summed E-state index contributed by atoms with van der Waals surface area (Å²) < 4.78 is 5.39. The highest BCUT2D eigenvalue weighted by atomic mass is 16.5. The minimum absolute atomic E-state index is 0.0512. The fourth-order valence-electron chi connectivity index (χ4n) is 3.11. The quantitative estimate of drug-likeness (QED) is 0.801. The summed E-state index contributed by atoms with van der Waals surface area (Å²) in [5.74, 6) is 0.305. The summed E-state index contributed by atoms with van der Waals surface area (Å²) in [6.45, 7) is 3.86. The van der Waals surface area contributed by atoms with Crippen molar-refractivity contribution < 1.29 is 9.53 Å². The molecule has 1 saturated heterocycles. The molecule has 0 aromatic rings. The molecule has 2 aliphatic rings. The topological polar surface area (TPSA) is 41.6 Å². The molecule has 0 spiro atoms. The van der Waals surface area contributed by atoms with Gasteiger partial charge in [-0.05, 0) is 38.6 Å². The third-order valence-electron chi connectivity index (χ3n) is 4.05. The normalized spacial score (nSPS) is 34.4. The number of likely N-dealkylation sites (N-methyl/N-ethyl adjacent to an activating group) is 1. The molecular weight excluding hydrogens is 216 g/mol. The minimum Gasteiger partial charge on any atom is -0.381 e. The molecule has 1 aliphatic heterocycles. The lowest BCUT2D eigenvalue weighted by Gasteiger charge is -2.36. The Balaban J connectivity index is 1.94. The van der Waals surface area contributed by atoms with Crippen LogP contribution in [-0.4, -0.2) is 49.2 Å². The SMILES string of the molecule is CCNC1CCCN(C2CCC(OC)C2)C1=O. The zero-order chi connectivity index (χ0) is 12.3. The molecule has 0 aromatic carbocycles. The molecule has 98 valence electrons. The largest absolute Gasteiger partial charge is 0.381 e. The number of hydrogen-bond acceptors (Lipinski definition) is 3. The highest BCUT2D eigenvalue weighted by Gasteiger charge is 2.36. The van der Waals surface area contributed by atoms with Crippen molar-refractivity contribution in [2.45, 2.75) is 57.2 Å². The highest BCUT2D eigenvalue weighted by molar-refractivity contribution is 5.83. The smallest absolute Gasteiger partial charge is 0.239 e. The van der Waals surface area contributed by atoms with Crippen LogP contribution in [0.2, 0.25) is 0 Å². The predicted molar refractivity (Wildman–Crippen MR) is 66.8 cm³/mol. The Bertz CT molecular complexity index is 268. The molecule has 1 heterocycles. The van der Waals surface area contributed by atoms with E-state index < -0.39 is 0 Å². The zero-order valence-corrected chi connectivity index (χ0v) is 10.9. The lowest BCUT2D eigenvalue weighted by molar-refractivity contribution is -0.138. The van der Waals surface area contributed by atoms with Gasteiger partial charge in [-0.15, -0.1) is 0 Å². The van der Waals surface area contributed by atoms with Crippen LogP contribution in [0.15, 0.2) is 0 Å². The molecular formula is C13H24N2O2. The van der Waals surface area contributed by atoms with Crippen LogP contribution in [0.1, 0.15) is 39.0 Å². The molecule has 0 bridgehead atoms. The Morgan fingerprint density at radius 3 is 2.88 bits per heavy atom. The van der Waals surface area contributed by atoms with Crippen molar-refractivity contribution in [3.63, 3.8) is 0 Å². The van der Waals surface area contributed by atoms with Gasteiger partial charge in [-0.25, -0.2) is 0 Å². The summed E-state index contributed by atoms with van der Waals surface area (Å²) in [7, 11) is 1.77. The second kappa shape index (κ2) is 5.83. The molecule has 1 saturated carbocycles. The van der Waals surface area contributed by atoms with Gasteiger partial charge in [0.05, 0.1) is 12.1 Å². The molecule has 2 rings (SSSR count). The summed E-state index contributed by atoms with van der Waals surface area (Å²) in [5, 5.41) is 3.29. The van der Waals surface area contributed by atoms with Gasteiger partial charge in [0.1, 0.15) is 0 Å². The van der Waals surface area contributed by atoms with Crippen LogP contribution >= 0.6 is 0 Å². The van der Waals surface area contributed by atoms with Crippen LogP contribution in [0.25, 0.3) is 0 Å². The number of amides is 1. The van der Waals surface area contributed by atoms with Crippen molar-refractivity contribution in [3.8, 4) is 0 Å². The van der Waals surface area contributed by atoms with Gasteiger partial charge in [0.25, 0.3) is 0 Å². The number of methoxy groups -OCH3 is 1. The molecule has 1 aliphatic carbocycles. The molecule has 3 unspecified atom stereocenters. The van der Waals surface area contributed by atoms with Gasteiger partial charge in [0, 0.05) is 19.7 Å².